The molecule has 2 aromatic heterocycles. The summed E-state index contributed by atoms with van der Waals surface area (Å²) in [5.74, 6) is 7.50. The molecule has 1 saturated heterocycles. The van der Waals surface area contributed by atoms with Crippen molar-refractivity contribution in [3.05, 3.63) is 89.9 Å². The van der Waals surface area contributed by atoms with Gasteiger partial charge in [0.1, 0.15) is 11.5 Å². The second-order valence-corrected chi connectivity index (χ2v) is 11.8. The third-order valence-electron chi connectivity index (χ3n) is 8.35. The molecule has 5 N–H and O–H groups in total. The molecule has 1 saturated carbocycles. The van der Waals surface area contributed by atoms with Crippen LogP contribution in [0.5, 0.6) is 0 Å². The highest BCUT2D eigenvalue weighted by molar-refractivity contribution is 5.76. The molecule has 1 aliphatic carbocycles. The minimum atomic E-state index is -0.210. The Morgan fingerprint density at radius 1 is 0.909 bits per heavy atom. The summed E-state index contributed by atoms with van der Waals surface area (Å²) in [6.07, 6.45) is 6.75. The monoisotopic (exact) mass is 588 g/mol. The smallest absolute Gasteiger partial charge is 0.229 e. The number of piperazine rings is 1. The maximum atomic E-state index is 10.0. The zero-order chi connectivity index (χ0) is 30.3. The standard InChI is InChI=1S/C35H40N8O/c1-42-18-20-43(21-19-42)24-26-2-7-27(8-3-26)33-23-38-35(41-34(33)39-29-12-14-32(44)15-13-29)40-30-9-4-25(5-10-30)6-11-31-22-28(36)16-17-37-31/h2-5,7-10,16-17,22-23,29,32,44H,12-15,18-21,24H2,1H3,(H2,36,37)(H2,38,39,40,41). The number of nitrogen functional groups attached to an aromatic ring is 1. The summed E-state index contributed by atoms with van der Waals surface area (Å²) in [6, 6.07) is 20.4. The molecule has 0 spiro atoms. The van der Waals surface area contributed by atoms with Crippen molar-refractivity contribution in [1.82, 2.24) is 24.8 Å². The summed E-state index contributed by atoms with van der Waals surface area (Å²) < 4.78 is 0. The van der Waals surface area contributed by atoms with Crippen molar-refractivity contribution in [2.24, 2.45) is 0 Å². The van der Waals surface area contributed by atoms with Gasteiger partial charge in [-0.05, 0) is 86.2 Å². The first-order chi connectivity index (χ1) is 21.5. The first kappa shape index (κ1) is 29.6. The van der Waals surface area contributed by atoms with Crippen molar-refractivity contribution >= 4 is 23.1 Å². The quantitative estimate of drug-likeness (QED) is 0.228. The van der Waals surface area contributed by atoms with E-state index in [9.17, 15) is 5.11 Å². The molecule has 2 fully saturated rings. The van der Waals surface area contributed by atoms with Crippen molar-refractivity contribution in [3.63, 3.8) is 0 Å². The average Bonchev–Trinajstić information content (AvgIpc) is 3.04. The lowest BCUT2D eigenvalue weighted by atomic mass is 9.93. The summed E-state index contributed by atoms with van der Waals surface area (Å²) >= 11 is 0. The summed E-state index contributed by atoms with van der Waals surface area (Å²) in [4.78, 5) is 18.7. The Morgan fingerprint density at radius 3 is 2.39 bits per heavy atom. The molecule has 2 aliphatic rings. The van der Waals surface area contributed by atoms with E-state index in [0.29, 0.717) is 17.3 Å². The van der Waals surface area contributed by atoms with Gasteiger partial charge in [0.05, 0.1) is 6.10 Å². The van der Waals surface area contributed by atoms with Gasteiger partial charge in [0.25, 0.3) is 0 Å². The highest BCUT2D eigenvalue weighted by Gasteiger charge is 2.21. The van der Waals surface area contributed by atoms with Crippen molar-refractivity contribution in [3.8, 4) is 23.0 Å². The number of hydrogen-bond acceptors (Lipinski definition) is 9. The Labute approximate surface area is 259 Å². The van der Waals surface area contributed by atoms with Gasteiger partial charge in [0, 0.05) is 73.7 Å². The van der Waals surface area contributed by atoms with Crippen LogP contribution in [-0.4, -0.2) is 75.2 Å². The number of hydrogen-bond donors (Lipinski definition) is 4. The largest absolute Gasteiger partial charge is 0.399 e. The summed E-state index contributed by atoms with van der Waals surface area (Å²) in [6.45, 7) is 5.39. The van der Waals surface area contributed by atoms with Crippen molar-refractivity contribution in [2.45, 2.75) is 44.4 Å². The molecule has 44 heavy (non-hydrogen) atoms. The van der Waals surface area contributed by atoms with E-state index in [2.05, 4.69) is 73.6 Å². The third kappa shape index (κ3) is 7.91. The molecule has 1 aliphatic heterocycles. The van der Waals surface area contributed by atoms with Crippen LogP contribution in [0.3, 0.4) is 0 Å². The molecule has 2 aromatic carbocycles. The Balaban J connectivity index is 1.18. The number of aromatic nitrogens is 3. The number of nitrogens with two attached hydrogens (primary N) is 1. The van der Waals surface area contributed by atoms with Crippen LogP contribution < -0.4 is 16.4 Å². The van der Waals surface area contributed by atoms with E-state index in [0.717, 1.165) is 86.6 Å². The van der Waals surface area contributed by atoms with Crippen molar-refractivity contribution < 1.29 is 5.11 Å². The summed E-state index contributed by atoms with van der Waals surface area (Å²) in [5.41, 5.74) is 12.2. The van der Waals surface area contributed by atoms with E-state index in [1.54, 1.807) is 18.3 Å². The SMILES string of the molecule is CN1CCN(Cc2ccc(-c3cnc(Nc4ccc(C#Cc5cc(N)ccn5)cc4)nc3NC3CCC(O)CC3)cc2)CC1. The van der Waals surface area contributed by atoms with E-state index in [4.69, 9.17) is 10.7 Å². The zero-order valence-electron chi connectivity index (χ0n) is 25.2. The minimum absolute atomic E-state index is 0.210. The van der Waals surface area contributed by atoms with Gasteiger partial charge in [-0.1, -0.05) is 30.2 Å². The molecule has 6 rings (SSSR count). The van der Waals surface area contributed by atoms with Gasteiger partial charge in [0.15, 0.2) is 0 Å². The number of likely N-dealkylation sites (N-methyl/N-ethyl adjacent to an activating group) is 1. The molecular formula is C35H40N8O. The number of rotatable bonds is 7. The van der Waals surface area contributed by atoms with E-state index < -0.39 is 0 Å². The minimum Gasteiger partial charge on any atom is -0.399 e. The van der Waals surface area contributed by atoms with Gasteiger partial charge in [0.2, 0.25) is 5.95 Å². The van der Waals surface area contributed by atoms with Crippen molar-refractivity contribution in [2.75, 3.05) is 49.6 Å². The van der Waals surface area contributed by atoms with Crippen LogP contribution in [0.2, 0.25) is 0 Å². The van der Waals surface area contributed by atoms with E-state index >= 15 is 0 Å². The van der Waals surface area contributed by atoms with Gasteiger partial charge >= 0.3 is 0 Å². The number of nitrogens with zero attached hydrogens (tertiary/aromatic N) is 5. The van der Waals surface area contributed by atoms with Crippen LogP contribution >= 0.6 is 0 Å². The van der Waals surface area contributed by atoms with E-state index in [1.165, 1.54) is 5.56 Å². The Bertz CT molecular complexity index is 1600. The molecule has 226 valence electrons. The fraction of sp³-hybridized carbons (Fsp3) is 0.343. The first-order valence-corrected chi connectivity index (χ1v) is 15.4. The van der Waals surface area contributed by atoms with Crippen LogP contribution in [0.15, 0.2) is 73.1 Å². The molecule has 4 aromatic rings. The highest BCUT2D eigenvalue weighted by Crippen LogP contribution is 2.31. The number of aliphatic hydroxyl groups excluding tert-OH is 1. The number of aliphatic hydroxyl groups is 1. The fourth-order valence-corrected chi connectivity index (χ4v) is 5.65. The third-order valence-corrected chi connectivity index (χ3v) is 8.35. The fourth-order valence-electron chi connectivity index (χ4n) is 5.65. The second-order valence-electron chi connectivity index (χ2n) is 11.8. The van der Waals surface area contributed by atoms with Gasteiger partial charge < -0.3 is 26.4 Å². The maximum Gasteiger partial charge on any atom is 0.229 e. The van der Waals surface area contributed by atoms with Crippen LogP contribution in [0, 0.1) is 11.8 Å². The number of pyridine rings is 1. The average molecular weight is 589 g/mol. The highest BCUT2D eigenvalue weighted by atomic mass is 16.3. The van der Waals surface area contributed by atoms with Crippen molar-refractivity contribution in [1.29, 1.82) is 0 Å². The topological polar surface area (TPSA) is 115 Å². The second kappa shape index (κ2) is 13.9. The van der Waals surface area contributed by atoms with E-state index in [-0.39, 0.29) is 12.1 Å². The zero-order valence-corrected chi connectivity index (χ0v) is 25.2. The number of benzene rings is 2. The van der Waals surface area contributed by atoms with Crippen LogP contribution in [0.25, 0.3) is 11.1 Å². The molecule has 0 radical (unpaired) electrons. The predicted octanol–water partition coefficient (Wildman–Crippen LogP) is 4.73. The van der Waals surface area contributed by atoms with Crippen LogP contribution in [-0.2, 0) is 6.54 Å². The molecule has 0 unspecified atom stereocenters. The Kier molecular flexibility index (Phi) is 9.32. The summed E-state index contributed by atoms with van der Waals surface area (Å²) in [7, 11) is 2.19. The van der Waals surface area contributed by atoms with Gasteiger partial charge in [-0.3, -0.25) is 4.90 Å². The summed E-state index contributed by atoms with van der Waals surface area (Å²) in [5, 5.41) is 17.0. The Hall–Kier alpha value is -4.49. The van der Waals surface area contributed by atoms with Gasteiger partial charge in [-0.25, -0.2) is 9.97 Å². The maximum absolute atomic E-state index is 10.0. The van der Waals surface area contributed by atoms with E-state index in [1.807, 2.05) is 30.5 Å². The predicted molar refractivity (Wildman–Crippen MR) is 176 cm³/mol. The molecule has 0 amide bonds. The van der Waals surface area contributed by atoms with Gasteiger partial charge in [-0.15, -0.1) is 0 Å². The molecule has 0 bridgehead atoms. The first-order valence-electron chi connectivity index (χ1n) is 15.4. The van der Waals surface area contributed by atoms with Gasteiger partial charge in [-0.2, -0.15) is 4.98 Å². The number of nitrogens with one attached hydrogen (secondary N) is 2. The molecular weight excluding hydrogens is 548 g/mol. The molecule has 9 nitrogen and oxygen atoms in total. The van der Waals surface area contributed by atoms with Crippen LogP contribution in [0.4, 0.5) is 23.1 Å². The normalized spacial score (nSPS) is 19.1. The Morgan fingerprint density at radius 2 is 1.66 bits per heavy atom. The molecule has 0 atom stereocenters. The molecule has 3 heterocycles. The lowest BCUT2D eigenvalue weighted by molar-refractivity contribution is 0.126. The lowest BCUT2D eigenvalue weighted by Crippen LogP contribution is -2.43. The van der Waals surface area contributed by atoms with Crippen LogP contribution in [0.1, 0.15) is 42.5 Å². The number of anilines is 4. The lowest BCUT2D eigenvalue weighted by Gasteiger charge is -2.32. The molecule has 9 heteroatoms.